The maximum absolute atomic E-state index is 11.9. The molecule has 2 aromatic rings. The van der Waals surface area contributed by atoms with Gasteiger partial charge in [-0.3, -0.25) is 4.79 Å². The standard InChI is InChI=1S/C15H15NO4S/c1-10-8-12(15(18)19-2)14(21-10)16-13(17)9-20-11-6-4-3-5-7-11/h3-8H,9H2,1-2H3,(H,16,17). The normalized spacial score (nSPS) is 10.0. The summed E-state index contributed by atoms with van der Waals surface area (Å²) >= 11 is 1.32. The average molecular weight is 305 g/mol. The van der Waals surface area contributed by atoms with Gasteiger partial charge in [0.2, 0.25) is 0 Å². The molecule has 0 fully saturated rings. The van der Waals surface area contributed by atoms with Crippen molar-refractivity contribution in [1.29, 1.82) is 0 Å². The second kappa shape index (κ2) is 6.90. The number of carbonyl (C=O) groups excluding carboxylic acids is 2. The van der Waals surface area contributed by atoms with E-state index in [1.54, 1.807) is 18.2 Å². The zero-order chi connectivity index (χ0) is 15.2. The summed E-state index contributed by atoms with van der Waals surface area (Å²) < 4.78 is 10.0. The molecule has 110 valence electrons. The number of anilines is 1. The van der Waals surface area contributed by atoms with E-state index >= 15 is 0 Å². The number of nitrogens with one attached hydrogen (secondary N) is 1. The lowest BCUT2D eigenvalue weighted by Gasteiger charge is -2.07. The maximum atomic E-state index is 11.9. The molecular weight excluding hydrogens is 290 g/mol. The van der Waals surface area contributed by atoms with Crippen molar-refractivity contribution in [3.8, 4) is 5.75 Å². The van der Waals surface area contributed by atoms with Gasteiger partial charge in [0, 0.05) is 4.88 Å². The van der Waals surface area contributed by atoms with Crippen molar-refractivity contribution in [2.24, 2.45) is 0 Å². The molecule has 2 rings (SSSR count). The first-order valence-electron chi connectivity index (χ1n) is 6.26. The Morgan fingerprint density at radius 1 is 1.24 bits per heavy atom. The molecule has 0 saturated heterocycles. The van der Waals surface area contributed by atoms with Crippen molar-refractivity contribution in [1.82, 2.24) is 0 Å². The fourth-order valence-corrected chi connectivity index (χ4v) is 2.61. The molecule has 21 heavy (non-hydrogen) atoms. The molecule has 0 saturated carbocycles. The number of esters is 1. The summed E-state index contributed by atoms with van der Waals surface area (Å²) in [5.74, 6) is -0.187. The molecule has 1 amide bonds. The van der Waals surface area contributed by atoms with Gasteiger partial charge in [-0.05, 0) is 25.1 Å². The van der Waals surface area contributed by atoms with Crippen LogP contribution in [-0.2, 0) is 9.53 Å². The first-order chi connectivity index (χ1) is 10.1. The van der Waals surface area contributed by atoms with Gasteiger partial charge in [0.25, 0.3) is 5.91 Å². The van der Waals surface area contributed by atoms with Crippen LogP contribution in [0.2, 0.25) is 0 Å². The largest absolute Gasteiger partial charge is 0.484 e. The Morgan fingerprint density at radius 3 is 2.62 bits per heavy atom. The summed E-state index contributed by atoms with van der Waals surface area (Å²) in [6, 6.07) is 10.7. The molecule has 1 heterocycles. The number of carbonyl (C=O) groups is 2. The van der Waals surface area contributed by atoms with Crippen LogP contribution in [0, 0.1) is 6.92 Å². The van der Waals surface area contributed by atoms with Gasteiger partial charge < -0.3 is 14.8 Å². The lowest BCUT2D eigenvalue weighted by Crippen LogP contribution is -2.20. The number of aryl methyl sites for hydroxylation is 1. The highest BCUT2D eigenvalue weighted by Crippen LogP contribution is 2.28. The number of hydrogen-bond acceptors (Lipinski definition) is 5. The predicted molar refractivity (Wildman–Crippen MR) is 81.0 cm³/mol. The molecule has 0 spiro atoms. The van der Waals surface area contributed by atoms with Crippen molar-refractivity contribution in [2.75, 3.05) is 19.0 Å². The summed E-state index contributed by atoms with van der Waals surface area (Å²) in [6.07, 6.45) is 0. The molecular formula is C15H15NO4S. The number of methoxy groups -OCH3 is 1. The van der Waals surface area contributed by atoms with Crippen LogP contribution in [0.4, 0.5) is 5.00 Å². The molecule has 1 N–H and O–H groups in total. The van der Waals surface area contributed by atoms with E-state index < -0.39 is 5.97 Å². The van der Waals surface area contributed by atoms with Gasteiger partial charge in [-0.15, -0.1) is 11.3 Å². The highest BCUT2D eigenvalue weighted by molar-refractivity contribution is 7.16. The number of ether oxygens (including phenoxy) is 2. The first-order valence-corrected chi connectivity index (χ1v) is 7.08. The second-order valence-corrected chi connectivity index (χ2v) is 5.50. The van der Waals surface area contributed by atoms with Crippen LogP contribution in [0.25, 0.3) is 0 Å². The molecule has 0 radical (unpaired) electrons. The minimum atomic E-state index is -0.473. The van der Waals surface area contributed by atoms with Crippen LogP contribution >= 0.6 is 11.3 Å². The van der Waals surface area contributed by atoms with Crippen LogP contribution < -0.4 is 10.1 Å². The van der Waals surface area contributed by atoms with Gasteiger partial charge in [0.05, 0.1) is 12.7 Å². The zero-order valence-electron chi connectivity index (χ0n) is 11.7. The van der Waals surface area contributed by atoms with Crippen LogP contribution in [0.1, 0.15) is 15.2 Å². The smallest absolute Gasteiger partial charge is 0.340 e. The SMILES string of the molecule is COC(=O)c1cc(C)sc1NC(=O)COc1ccccc1. The average Bonchev–Trinajstić information content (AvgIpc) is 2.86. The molecule has 6 heteroatoms. The Labute approximate surface area is 126 Å². The summed E-state index contributed by atoms with van der Waals surface area (Å²) in [6.45, 7) is 1.73. The van der Waals surface area contributed by atoms with Crippen molar-refractivity contribution in [3.05, 3.63) is 46.8 Å². The number of rotatable bonds is 5. The Hall–Kier alpha value is -2.34. The highest BCUT2D eigenvalue weighted by atomic mass is 32.1. The highest BCUT2D eigenvalue weighted by Gasteiger charge is 2.17. The summed E-state index contributed by atoms with van der Waals surface area (Å²) in [4.78, 5) is 24.4. The lowest BCUT2D eigenvalue weighted by atomic mass is 10.3. The van der Waals surface area contributed by atoms with E-state index in [1.807, 2.05) is 25.1 Å². The number of para-hydroxylation sites is 1. The van der Waals surface area contributed by atoms with Gasteiger partial charge in [-0.2, -0.15) is 0 Å². The fraction of sp³-hybridized carbons (Fsp3) is 0.200. The van der Waals surface area contributed by atoms with Gasteiger partial charge >= 0.3 is 5.97 Å². The number of benzene rings is 1. The molecule has 0 atom stereocenters. The van der Waals surface area contributed by atoms with Crippen LogP contribution in [-0.4, -0.2) is 25.6 Å². The van der Waals surface area contributed by atoms with Crippen LogP contribution in [0.3, 0.4) is 0 Å². The molecule has 5 nitrogen and oxygen atoms in total. The second-order valence-electron chi connectivity index (χ2n) is 4.24. The fourth-order valence-electron chi connectivity index (χ4n) is 1.70. The Balaban J connectivity index is 1.98. The van der Waals surface area contributed by atoms with E-state index in [0.29, 0.717) is 16.3 Å². The molecule has 0 aliphatic rings. The lowest BCUT2D eigenvalue weighted by molar-refractivity contribution is -0.118. The van der Waals surface area contributed by atoms with Crippen molar-refractivity contribution >= 4 is 28.2 Å². The maximum Gasteiger partial charge on any atom is 0.340 e. The minimum Gasteiger partial charge on any atom is -0.484 e. The quantitative estimate of drug-likeness (QED) is 0.863. The van der Waals surface area contributed by atoms with Crippen LogP contribution in [0.15, 0.2) is 36.4 Å². The summed E-state index contributed by atoms with van der Waals surface area (Å²) in [5.41, 5.74) is 0.355. The van der Waals surface area contributed by atoms with Crippen molar-refractivity contribution in [2.45, 2.75) is 6.92 Å². The van der Waals surface area contributed by atoms with E-state index in [4.69, 9.17) is 4.74 Å². The molecule has 1 aromatic heterocycles. The third-order valence-corrected chi connectivity index (χ3v) is 3.59. The van der Waals surface area contributed by atoms with E-state index in [2.05, 4.69) is 10.1 Å². The third kappa shape index (κ3) is 4.06. The topological polar surface area (TPSA) is 64.6 Å². The first kappa shape index (κ1) is 15.1. The van der Waals surface area contributed by atoms with Crippen LogP contribution in [0.5, 0.6) is 5.75 Å². The zero-order valence-corrected chi connectivity index (χ0v) is 12.5. The van der Waals surface area contributed by atoms with E-state index in [9.17, 15) is 9.59 Å². The Morgan fingerprint density at radius 2 is 1.95 bits per heavy atom. The number of hydrogen-bond donors (Lipinski definition) is 1. The Bertz CT molecular complexity index is 636. The molecule has 0 aliphatic heterocycles. The van der Waals surface area contributed by atoms with E-state index in [1.165, 1.54) is 18.4 Å². The minimum absolute atomic E-state index is 0.123. The predicted octanol–water partition coefficient (Wildman–Crippen LogP) is 2.86. The molecule has 1 aromatic carbocycles. The summed E-state index contributed by atoms with van der Waals surface area (Å²) in [7, 11) is 1.31. The molecule has 0 bridgehead atoms. The van der Waals surface area contributed by atoms with Gasteiger partial charge in [-0.1, -0.05) is 18.2 Å². The monoisotopic (exact) mass is 305 g/mol. The number of amides is 1. The van der Waals surface area contributed by atoms with Gasteiger partial charge in [0.15, 0.2) is 6.61 Å². The molecule has 0 aliphatic carbocycles. The van der Waals surface area contributed by atoms with Gasteiger partial charge in [0.1, 0.15) is 10.8 Å². The van der Waals surface area contributed by atoms with Crippen molar-refractivity contribution < 1.29 is 19.1 Å². The van der Waals surface area contributed by atoms with E-state index in [-0.39, 0.29) is 12.5 Å². The van der Waals surface area contributed by atoms with Gasteiger partial charge in [-0.25, -0.2) is 4.79 Å². The summed E-state index contributed by atoms with van der Waals surface area (Å²) in [5, 5.41) is 3.14. The van der Waals surface area contributed by atoms with E-state index in [0.717, 1.165) is 4.88 Å². The Kier molecular flexibility index (Phi) is 4.94. The van der Waals surface area contributed by atoms with Crippen molar-refractivity contribution in [3.63, 3.8) is 0 Å². The third-order valence-electron chi connectivity index (χ3n) is 2.63. The number of thiophene rings is 1. The molecule has 0 unspecified atom stereocenters.